The monoisotopic (exact) mass is 421 g/mol. The van der Waals surface area contributed by atoms with Crippen LogP contribution in [-0.4, -0.2) is 61.2 Å². The Bertz CT molecular complexity index is 866. The van der Waals surface area contributed by atoms with Crippen molar-refractivity contribution in [2.24, 2.45) is 5.92 Å². The Kier molecular flexibility index (Phi) is 6.06. The summed E-state index contributed by atoms with van der Waals surface area (Å²) in [6.07, 6.45) is 1.40. The molecule has 1 unspecified atom stereocenters. The van der Waals surface area contributed by atoms with E-state index in [2.05, 4.69) is 4.72 Å². The second-order valence-corrected chi connectivity index (χ2v) is 10.8. The van der Waals surface area contributed by atoms with Gasteiger partial charge in [0.1, 0.15) is 0 Å². The van der Waals surface area contributed by atoms with Gasteiger partial charge in [-0.3, -0.25) is 9.59 Å². The lowest BCUT2D eigenvalue weighted by atomic mass is 10.0. The van der Waals surface area contributed by atoms with Crippen molar-refractivity contribution >= 4 is 21.8 Å². The minimum absolute atomic E-state index is 0.00458. The summed E-state index contributed by atoms with van der Waals surface area (Å²) in [5, 5.41) is 0. The van der Waals surface area contributed by atoms with E-state index in [-0.39, 0.29) is 40.6 Å². The van der Waals surface area contributed by atoms with E-state index in [0.717, 1.165) is 5.56 Å². The number of carbonyl (C=O) groups excluding carboxylic acids is 2. The van der Waals surface area contributed by atoms with E-state index in [9.17, 15) is 18.0 Å². The number of aryl methyl sites for hydroxylation is 1. The first-order chi connectivity index (χ1) is 13.5. The number of sulfonamides is 1. The van der Waals surface area contributed by atoms with Gasteiger partial charge in [0, 0.05) is 37.6 Å². The molecule has 2 saturated heterocycles. The quantitative estimate of drug-likeness (QED) is 0.805. The van der Waals surface area contributed by atoms with Crippen molar-refractivity contribution in [1.82, 2.24) is 14.5 Å². The Balaban J connectivity index is 1.55. The zero-order valence-corrected chi connectivity index (χ0v) is 18.5. The largest absolute Gasteiger partial charge is 0.342 e. The van der Waals surface area contributed by atoms with Crippen LogP contribution in [0.2, 0.25) is 0 Å². The molecule has 3 rings (SSSR count). The van der Waals surface area contributed by atoms with Crippen LogP contribution >= 0.6 is 0 Å². The summed E-state index contributed by atoms with van der Waals surface area (Å²) < 4.78 is 27.9. The topological polar surface area (TPSA) is 86.8 Å². The first-order valence-corrected chi connectivity index (χ1v) is 11.6. The van der Waals surface area contributed by atoms with Gasteiger partial charge in [0.05, 0.1) is 10.8 Å². The van der Waals surface area contributed by atoms with Crippen LogP contribution < -0.4 is 4.72 Å². The third-order valence-corrected chi connectivity index (χ3v) is 7.28. The number of hydrogen-bond acceptors (Lipinski definition) is 4. The van der Waals surface area contributed by atoms with E-state index in [0.29, 0.717) is 32.5 Å². The van der Waals surface area contributed by atoms with Gasteiger partial charge in [0.25, 0.3) is 0 Å². The molecule has 2 aliphatic heterocycles. The Labute approximate surface area is 173 Å². The Hall–Kier alpha value is -1.93. The molecule has 1 aromatic rings. The summed E-state index contributed by atoms with van der Waals surface area (Å²) in [6.45, 7) is 9.30. The van der Waals surface area contributed by atoms with Gasteiger partial charge in [-0.05, 0) is 52.7 Å². The number of benzene rings is 1. The highest BCUT2D eigenvalue weighted by atomic mass is 32.2. The molecule has 0 aliphatic carbocycles. The lowest BCUT2D eigenvalue weighted by Crippen LogP contribution is -2.48. The highest BCUT2D eigenvalue weighted by Gasteiger charge is 2.41. The predicted octanol–water partition coefficient (Wildman–Crippen LogP) is 1.91. The maximum atomic E-state index is 12.9. The van der Waals surface area contributed by atoms with Crippen LogP contribution in [0.3, 0.4) is 0 Å². The normalized spacial score (nSPS) is 21.7. The third kappa shape index (κ3) is 4.98. The van der Waals surface area contributed by atoms with Crippen LogP contribution in [0.1, 0.15) is 45.6 Å². The SMILES string of the molecule is Cc1ccc(S(=O)(=O)NC2CCN(C(=O)C3CC(=O)N(C(C)(C)C)C3)CC2)cc1. The van der Waals surface area contributed by atoms with Crippen molar-refractivity contribution < 1.29 is 18.0 Å². The average molecular weight is 422 g/mol. The predicted molar refractivity (Wildman–Crippen MR) is 111 cm³/mol. The summed E-state index contributed by atoms with van der Waals surface area (Å²) in [5.74, 6) is -0.274. The molecule has 7 nitrogen and oxygen atoms in total. The van der Waals surface area contributed by atoms with Crippen molar-refractivity contribution in [3.63, 3.8) is 0 Å². The molecule has 1 atom stereocenters. The van der Waals surface area contributed by atoms with E-state index in [1.54, 1.807) is 34.1 Å². The fraction of sp³-hybridized carbons (Fsp3) is 0.619. The molecule has 29 heavy (non-hydrogen) atoms. The van der Waals surface area contributed by atoms with Gasteiger partial charge in [0.15, 0.2) is 0 Å². The zero-order chi connectivity index (χ0) is 21.4. The smallest absolute Gasteiger partial charge is 0.240 e. The van der Waals surface area contributed by atoms with Gasteiger partial charge < -0.3 is 9.80 Å². The van der Waals surface area contributed by atoms with Gasteiger partial charge in [-0.2, -0.15) is 0 Å². The van der Waals surface area contributed by atoms with E-state index >= 15 is 0 Å². The molecule has 2 aliphatic rings. The molecule has 0 radical (unpaired) electrons. The van der Waals surface area contributed by atoms with Gasteiger partial charge in [-0.25, -0.2) is 13.1 Å². The van der Waals surface area contributed by atoms with Crippen LogP contribution in [-0.2, 0) is 19.6 Å². The highest BCUT2D eigenvalue weighted by molar-refractivity contribution is 7.89. The Morgan fingerprint density at radius 2 is 1.69 bits per heavy atom. The van der Waals surface area contributed by atoms with Gasteiger partial charge >= 0.3 is 0 Å². The van der Waals surface area contributed by atoms with Crippen molar-refractivity contribution in [2.45, 2.75) is 63.4 Å². The Morgan fingerprint density at radius 3 is 2.21 bits per heavy atom. The van der Waals surface area contributed by atoms with Gasteiger partial charge in [0.2, 0.25) is 21.8 Å². The minimum atomic E-state index is -3.57. The molecular formula is C21H31N3O4S. The standard InChI is InChI=1S/C21H31N3O4S/c1-15-5-7-18(8-6-15)29(27,28)22-17-9-11-23(12-10-17)20(26)16-13-19(25)24(14-16)21(2,3)4/h5-8,16-17,22H,9-14H2,1-4H3. The van der Waals surface area contributed by atoms with E-state index in [4.69, 9.17) is 0 Å². The maximum absolute atomic E-state index is 12.9. The van der Waals surface area contributed by atoms with Crippen LogP contribution in [0.4, 0.5) is 0 Å². The number of rotatable bonds is 4. The average Bonchev–Trinajstić information content (AvgIpc) is 3.04. The number of amides is 2. The maximum Gasteiger partial charge on any atom is 0.240 e. The summed E-state index contributed by atoms with van der Waals surface area (Å²) >= 11 is 0. The third-order valence-electron chi connectivity index (χ3n) is 5.74. The number of nitrogens with zero attached hydrogens (tertiary/aromatic N) is 2. The number of likely N-dealkylation sites (tertiary alicyclic amines) is 2. The number of hydrogen-bond donors (Lipinski definition) is 1. The molecule has 0 bridgehead atoms. The molecule has 1 N–H and O–H groups in total. The first-order valence-electron chi connectivity index (χ1n) is 10.2. The number of carbonyl (C=O) groups is 2. The zero-order valence-electron chi connectivity index (χ0n) is 17.6. The lowest BCUT2D eigenvalue weighted by Gasteiger charge is -2.35. The van der Waals surface area contributed by atoms with Crippen LogP contribution in [0.5, 0.6) is 0 Å². The summed E-state index contributed by atoms with van der Waals surface area (Å²) in [7, 11) is -3.57. The van der Waals surface area contributed by atoms with E-state index in [1.165, 1.54) is 0 Å². The summed E-state index contributed by atoms with van der Waals surface area (Å²) in [5.41, 5.74) is 0.721. The fourth-order valence-corrected chi connectivity index (χ4v) is 5.31. The summed E-state index contributed by atoms with van der Waals surface area (Å²) in [6, 6.07) is 6.57. The molecule has 0 saturated carbocycles. The molecular weight excluding hydrogens is 390 g/mol. The lowest BCUT2D eigenvalue weighted by molar-refractivity contribution is -0.136. The number of piperidine rings is 1. The molecule has 8 heteroatoms. The van der Waals surface area contributed by atoms with E-state index < -0.39 is 10.0 Å². The highest BCUT2D eigenvalue weighted by Crippen LogP contribution is 2.28. The minimum Gasteiger partial charge on any atom is -0.342 e. The second kappa shape index (κ2) is 8.07. The molecule has 2 heterocycles. The van der Waals surface area contributed by atoms with Gasteiger partial charge in [-0.15, -0.1) is 0 Å². The molecule has 2 fully saturated rings. The van der Waals surface area contributed by atoms with Crippen LogP contribution in [0.25, 0.3) is 0 Å². The molecule has 160 valence electrons. The van der Waals surface area contributed by atoms with Crippen molar-refractivity contribution in [1.29, 1.82) is 0 Å². The Morgan fingerprint density at radius 1 is 1.10 bits per heavy atom. The molecule has 0 aromatic heterocycles. The van der Waals surface area contributed by atoms with E-state index in [1.807, 2.05) is 27.7 Å². The van der Waals surface area contributed by atoms with Crippen molar-refractivity contribution in [3.05, 3.63) is 29.8 Å². The summed E-state index contributed by atoms with van der Waals surface area (Å²) in [4.78, 5) is 28.9. The molecule has 2 amide bonds. The van der Waals surface area contributed by atoms with Crippen LogP contribution in [0.15, 0.2) is 29.2 Å². The van der Waals surface area contributed by atoms with Gasteiger partial charge in [-0.1, -0.05) is 17.7 Å². The van der Waals surface area contributed by atoms with Crippen molar-refractivity contribution in [3.8, 4) is 0 Å². The molecule has 1 aromatic carbocycles. The van der Waals surface area contributed by atoms with Crippen molar-refractivity contribution in [2.75, 3.05) is 19.6 Å². The number of nitrogens with one attached hydrogen (secondary N) is 1. The second-order valence-electron chi connectivity index (χ2n) is 9.11. The first kappa shape index (κ1) is 21.8. The molecule has 0 spiro atoms. The fourth-order valence-electron chi connectivity index (χ4n) is 4.00. The van der Waals surface area contributed by atoms with Crippen LogP contribution in [0, 0.1) is 12.8 Å².